The molecular weight excluding hydrogens is 314 g/mol. The van der Waals surface area contributed by atoms with Crippen LogP contribution < -0.4 is 4.74 Å². The number of pyridine rings is 1. The van der Waals surface area contributed by atoms with Crippen molar-refractivity contribution < 1.29 is 9.53 Å². The standard InChI is InChI=1S/C17H24ClN3O2/c1-3-23-15-9-8-12(18)16(19-15)17(22)21-11-5-7-14(21)13-6-4-10-20(13)2/h8-9,13-14H,3-7,10-11H2,1-2H3/t13-,14+/m1/s1. The van der Waals surface area contributed by atoms with Crippen LogP contribution in [0.1, 0.15) is 43.1 Å². The molecule has 2 aliphatic heterocycles. The Morgan fingerprint density at radius 2 is 2.04 bits per heavy atom. The number of rotatable bonds is 4. The number of likely N-dealkylation sites (tertiary alicyclic amines) is 2. The molecule has 0 spiro atoms. The molecule has 0 radical (unpaired) electrons. The maximum Gasteiger partial charge on any atom is 0.274 e. The molecule has 6 heteroatoms. The van der Waals surface area contributed by atoms with Crippen molar-refractivity contribution in [1.29, 1.82) is 0 Å². The number of carbonyl (C=O) groups excluding carboxylic acids is 1. The van der Waals surface area contributed by atoms with Crippen LogP contribution in [0.4, 0.5) is 0 Å². The molecule has 0 N–H and O–H groups in total. The normalized spacial score (nSPS) is 25.1. The highest BCUT2D eigenvalue weighted by Gasteiger charge is 2.39. The summed E-state index contributed by atoms with van der Waals surface area (Å²) in [6.07, 6.45) is 4.47. The summed E-state index contributed by atoms with van der Waals surface area (Å²) < 4.78 is 5.41. The molecule has 2 saturated heterocycles. The average molecular weight is 338 g/mol. The number of ether oxygens (including phenoxy) is 1. The van der Waals surface area contributed by atoms with Gasteiger partial charge in [0, 0.05) is 24.7 Å². The van der Waals surface area contributed by atoms with E-state index in [1.807, 2.05) is 11.8 Å². The summed E-state index contributed by atoms with van der Waals surface area (Å²) in [7, 11) is 2.15. The zero-order chi connectivity index (χ0) is 16.4. The third-order valence-electron chi connectivity index (χ3n) is 4.90. The molecule has 0 aliphatic carbocycles. The number of nitrogens with zero attached hydrogens (tertiary/aromatic N) is 3. The van der Waals surface area contributed by atoms with Crippen LogP contribution in [-0.2, 0) is 0 Å². The first-order valence-electron chi connectivity index (χ1n) is 8.42. The van der Waals surface area contributed by atoms with Gasteiger partial charge in [0.15, 0.2) is 5.69 Å². The van der Waals surface area contributed by atoms with E-state index in [0.717, 1.165) is 32.4 Å². The monoisotopic (exact) mass is 337 g/mol. The number of aromatic nitrogens is 1. The minimum Gasteiger partial charge on any atom is -0.478 e. The Morgan fingerprint density at radius 1 is 1.30 bits per heavy atom. The van der Waals surface area contributed by atoms with Crippen LogP contribution >= 0.6 is 11.6 Å². The molecule has 3 rings (SSSR count). The molecule has 0 bridgehead atoms. The summed E-state index contributed by atoms with van der Waals surface area (Å²) in [6, 6.07) is 4.12. The molecule has 2 fully saturated rings. The number of likely N-dealkylation sites (N-methyl/N-ethyl adjacent to an activating group) is 1. The summed E-state index contributed by atoms with van der Waals surface area (Å²) in [5.41, 5.74) is 0.310. The van der Waals surface area contributed by atoms with Crippen molar-refractivity contribution in [3.8, 4) is 5.88 Å². The number of carbonyl (C=O) groups is 1. The van der Waals surface area contributed by atoms with Crippen LogP contribution in [0.5, 0.6) is 5.88 Å². The van der Waals surface area contributed by atoms with Crippen LogP contribution in [0, 0.1) is 0 Å². The van der Waals surface area contributed by atoms with Crippen molar-refractivity contribution in [2.24, 2.45) is 0 Å². The summed E-state index contributed by atoms with van der Waals surface area (Å²) in [6.45, 7) is 4.30. The fourth-order valence-electron chi connectivity index (χ4n) is 3.81. The lowest BCUT2D eigenvalue weighted by molar-refractivity contribution is 0.0657. The highest BCUT2D eigenvalue weighted by Crippen LogP contribution is 2.31. The van der Waals surface area contributed by atoms with Gasteiger partial charge in [-0.25, -0.2) is 4.98 Å². The minimum atomic E-state index is -0.0700. The van der Waals surface area contributed by atoms with Crippen molar-refractivity contribution in [1.82, 2.24) is 14.8 Å². The van der Waals surface area contributed by atoms with Gasteiger partial charge in [0.05, 0.1) is 11.6 Å². The Labute approximate surface area is 142 Å². The van der Waals surface area contributed by atoms with Gasteiger partial charge in [-0.1, -0.05) is 11.6 Å². The maximum atomic E-state index is 13.0. The first-order valence-corrected chi connectivity index (χ1v) is 8.80. The Bertz CT molecular complexity index is 581. The van der Waals surface area contributed by atoms with Gasteiger partial charge in [0.2, 0.25) is 5.88 Å². The van der Waals surface area contributed by atoms with E-state index in [0.29, 0.717) is 29.2 Å². The Hall–Kier alpha value is -1.33. The van der Waals surface area contributed by atoms with E-state index in [2.05, 4.69) is 16.9 Å². The first kappa shape index (κ1) is 16.5. The number of halogens is 1. The van der Waals surface area contributed by atoms with E-state index in [9.17, 15) is 4.79 Å². The van der Waals surface area contributed by atoms with Gasteiger partial charge < -0.3 is 14.5 Å². The van der Waals surface area contributed by atoms with Gasteiger partial charge in [-0.3, -0.25) is 4.79 Å². The zero-order valence-corrected chi connectivity index (χ0v) is 14.6. The van der Waals surface area contributed by atoms with E-state index in [1.165, 1.54) is 6.42 Å². The molecule has 2 aliphatic rings. The molecule has 0 aromatic carbocycles. The fraction of sp³-hybridized carbons (Fsp3) is 0.647. The Balaban J connectivity index is 1.82. The fourth-order valence-corrected chi connectivity index (χ4v) is 3.99. The summed E-state index contributed by atoms with van der Waals surface area (Å²) in [5, 5.41) is 0.392. The van der Waals surface area contributed by atoms with Crippen LogP contribution in [0.25, 0.3) is 0 Å². The predicted octanol–water partition coefficient (Wildman–Crippen LogP) is 2.83. The highest BCUT2D eigenvalue weighted by atomic mass is 35.5. The van der Waals surface area contributed by atoms with Crippen molar-refractivity contribution in [2.75, 3.05) is 26.7 Å². The largest absolute Gasteiger partial charge is 0.478 e. The Morgan fingerprint density at radius 3 is 2.74 bits per heavy atom. The molecule has 5 nitrogen and oxygen atoms in total. The number of amides is 1. The second-order valence-electron chi connectivity index (χ2n) is 6.31. The van der Waals surface area contributed by atoms with Crippen molar-refractivity contribution >= 4 is 17.5 Å². The van der Waals surface area contributed by atoms with E-state index >= 15 is 0 Å². The summed E-state index contributed by atoms with van der Waals surface area (Å²) in [4.78, 5) is 21.7. The van der Waals surface area contributed by atoms with Crippen molar-refractivity contribution in [3.05, 3.63) is 22.8 Å². The van der Waals surface area contributed by atoms with E-state index < -0.39 is 0 Å². The van der Waals surface area contributed by atoms with Gasteiger partial charge in [-0.2, -0.15) is 0 Å². The molecule has 0 unspecified atom stereocenters. The quantitative estimate of drug-likeness (QED) is 0.847. The maximum absolute atomic E-state index is 13.0. The predicted molar refractivity (Wildman–Crippen MR) is 90.1 cm³/mol. The van der Waals surface area contributed by atoms with Gasteiger partial charge in [0.25, 0.3) is 5.91 Å². The second kappa shape index (κ2) is 7.05. The van der Waals surface area contributed by atoms with Crippen LogP contribution in [0.15, 0.2) is 12.1 Å². The second-order valence-corrected chi connectivity index (χ2v) is 6.72. The van der Waals surface area contributed by atoms with Crippen LogP contribution in [0.2, 0.25) is 5.02 Å². The molecule has 1 amide bonds. The summed E-state index contributed by atoms with van der Waals surface area (Å²) >= 11 is 6.23. The third kappa shape index (κ3) is 3.31. The van der Waals surface area contributed by atoms with Gasteiger partial charge >= 0.3 is 0 Å². The molecule has 126 valence electrons. The molecule has 1 aromatic heterocycles. The highest BCUT2D eigenvalue weighted by molar-refractivity contribution is 6.33. The van der Waals surface area contributed by atoms with Gasteiger partial charge in [-0.05, 0) is 52.3 Å². The molecule has 2 atom stereocenters. The van der Waals surface area contributed by atoms with Crippen LogP contribution in [0.3, 0.4) is 0 Å². The van der Waals surface area contributed by atoms with Crippen molar-refractivity contribution in [2.45, 2.75) is 44.7 Å². The lowest BCUT2D eigenvalue weighted by Gasteiger charge is -2.33. The summed E-state index contributed by atoms with van der Waals surface area (Å²) in [5.74, 6) is 0.383. The van der Waals surface area contributed by atoms with Crippen molar-refractivity contribution in [3.63, 3.8) is 0 Å². The number of hydrogen-bond acceptors (Lipinski definition) is 4. The lowest BCUT2D eigenvalue weighted by Crippen LogP contribution is -2.47. The van der Waals surface area contributed by atoms with E-state index in [4.69, 9.17) is 16.3 Å². The molecule has 1 aromatic rings. The first-order chi connectivity index (χ1) is 11.1. The molecule has 0 saturated carbocycles. The third-order valence-corrected chi connectivity index (χ3v) is 5.20. The smallest absolute Gasteiger partial charge is 0.274 e. The van der Waals surface area contributed by atoms with Crippen LogP contribution in [-0.4, -0.2) is 59.5 Å². The zero-order valence-electron chi connectivity index (χ0n) is 13.8. The van der Waals surface area contributed by atoms with E-state index in [-0.39, 0.29) is 11.9 Å². The minimum absolute atomic E-state index is 0.0700. The SMILES string of the molecule is CCOc1ccc(Cl)c(C(=O)N2CCC[C@H]2[C@H]2CCCN2C)n1. The van der Waals surface area contributed by atoms with Gasteiger partial charge in [0.1, 0.15) is 0 Å². The molecule has 3 heterocycles. The molecular formula is C17H24ClN3O2. The molecule has 23 heavy (non-hydrogen) atoms. The number of hydrogen-bond donors (Lipinski definition) is 0. The lowest BCUT2D eigenvalue weighted by atomic mass is 10.0. The van der Waals surface area contributed by atoms with E-state index in [1.54, 1.807) is 12.1 Å². The Kier molecular flexibility index (Phi) is 5.07. The average Bonchev–Trinajstić information content (AvgIpc) is 3.17. The topological polar surface area (TPSA) is 45.7 Å². The van der Waals surface area contributed by atoms with Gasteiger partial charge in [-0.15, -0.1) is 0 Å².